The van der Waals surface area contributed by atoms with E-state index in [2.05, 4.69) is 32.7 Å². The van der Waals surface area contributed by atoms with Crippen LogP contribution in [0.25, 0.3) is 0 Å². The molecule has 0 radical (unpaired) electrons. The van der Waals surface area contributed by atoms with Gasteiger partial charge in [0.15, 0.2) is 0 Å². The molecule has 0 aromatic rings. The van der Waals surface area contributed by atoms with E-state index in [4.69, 9.17) is 0 Å². The first-order valence-electron chi connectivity index (χ1n) is 4.04. The first kappa shape index (κ1) is 9.14. The van der Waals surface area contributed by atoms with Crippen molar-refractivity contribution in [1.29, 1.82) is 0 Å². The van der Waals surface area contributed by atoms with Crippen LogP contribution in [-0.2, 0) is 0 Å². The Morgan fingerprint density at radius 2 is 2.27 bits per heavy atom. The SMILES string of the molecule is C=CC(C)(C)C1(C)NCCS1. The zero-order valence-electron chi connectivity index (χ0n) is 7.61. The summed E-state index contributed by atoms with van der Waals surface area (Å²) in [6.45, 7) is 11.7. The summed E-state index contributed by atoms with van der Waals surface area (Å²) >= 11 is 1.99. The summed E-state index contributed by atoms with van der Waals surface area (Å²) in [4.78, 5) is 0.189. The summed E-state index contributed by atoms with van der Waals surface area (Å²) in [5, 5.41) is 3.52. The van der Waals surface area contributed by atoms with Gasteiger partial charge < -0.3 is 5.32 Å². The second kappa shape index (κ2) is 2.83. The van der Waals surface area contributed by atoms with Gasteiger partial charge in [-0.25, -0.2) is 0 Å². The van der Waals surface area contributed by atoms with E-state index >= 15 is 0 Å². The van der Waals surface area contributed by atoms with Crippen molar-refractivity contribution < 1.29 is 0 Å². The summed E-state index contributed by atoms with van der Waals surface area (Å²) < 4.78 is 0. The van der Waals surface area contributed by atoms with Gasteiger partial charge in [0.1, 0.15) is 0 Å². The maximum Gasteiger partial charge on any atom is 0.0703 e. The Kier molecular flexibility index (Phi) is 2.35. The molecule has 1 N–H and O–H groups in total. The van der Waals surface area contributed by atoms with Gasteiger partial charge in [0, 0.05) is 17.7 Å². The first-order valence-corrected chi connectivity index (χ1v) is 5.03. The molecule has 0 saturated carbocycles. The van der Waals surface area contributed by atoms with E-state index in [1.807, 2.05) is 17.8 Å². The predicted molar refractivity (Wildman–Crippen MR) is 52.8 cm³/mol. The van der Waals surface area contributed by atoms with E-state index < -0.39 is 0 Å². The number of rotatable bonds is 2. The van der Waals surface area contributed by atoms with Crippen LogP contribution in [0.2, 0.25) is 0 Å². The van der Waals surface area contributed by atoms with Crippen molar-refractivity contribution in [2.24, 2.45) is 5.41 Å². The minimum atomic E-state index is 0.175. The molecular weight excluding hydrogens is 154 g/mol. The van der Waals surface area contributed by atoms with Crippen LogP contribution < -0.4 is 5.32 Å². The van der Waals surface area contributed by atoms with Crippen molar-refractivity contribution in [3.05, 3.63) is 12.7 Å². The van der Waals surface area contributed by atoms with Gasteiger partial charge in [-0.2, -0.15) is 0 Å². The van der Waals surface area contributed by atoms with Crippen LogP contribution in [0.5, 0.6) is 0 Å². The van der Waals surface area contributed by atoms with Gasteiger partial charge in [0.2, 0.25) is 0 Å². The topological polar surface area (TPSA) is 12.0 Å². The molecule has 11 heavy (non-hydrogen) atoms. The highest BCUT2D eigenvalue weighted by atomic mass is 32.2. The second-order valence-electron chi connectivity index (χ2n) is 3.73. The molecule has 1 aliphatic heterocycles. The zero-order chi connectivity index (χ0) is 8.54. The minimum Gasteiger partial charge on any atom is -0.301 e. The fraction of sp³-hybridized carbons (Fsp3) is 0.778. The largest absolute Gasteiger partial charge is 0.301 e. The second-order valence-corrected chi connectivity index (χ2v) is 5.25. The highest BCUT2D eigenvalue weighted by molar-refractivity contribution is 8.00. The van der Waals surface area contributed by atoms with Crippen LogP contribution in [0.3, 0.4) is 0 Å². The molecule has 0 bridgehead atoms. The molecule has 1 aliphatic rings. The van der Waals surface area contributed by atoms with Crippen molar-refractivity contribution in [1.82, 2.24) is 5.32 Å². The molecule has 1 rings (SSSR count). The Hall–Kier alpha value is 0.0500. The number of hydrogen-bond acceptors (Lipinski definition) is 2. The number of thioether (sulfide) groups is 1. The lowest BCUT2D eigenvalue weighted by Crippen LogP contribution is -2.46. The quantitative estimate of drug-likeness (QED) is 0.640. The van der Waals surface area contributed by atoms with Crippen LogP contribution in [0.15, 0.2) is 12.7 Å². The fourth-order valence-electron chi connectivity index (χ4n) is 1.20. The summed E-state index contributed by atoms with van der Waals surface area (Å²) in [7, 11) is 0. The van der Waals surface area contributed by atoms with Crippen LogP contribution >= 0.6 is 11.8 Å². The summed E-state index contributed by atoms with van der Waals surface area (Å²) in [5.74, 6) is 1.22. The van der Waals surface area contributed by atoms with Crippen molar-refractivity contribution in [2.45, 2.75) is 25.6 Å². The standard InChI is InChI=1S/C9H17NS/c1-5-8(2,3)9(4)10-6-7-11-9/h5,10H,1,6-7H2,2-4H3. The third-order valence-corrected chi connectivity index (χ3v) is 4.35. The molecule has 0 aromatic heterocycles. The smallest absolute Gasteiger partial charge is 0.0703 e. The van der Waals surface area contributed by atoms with Gasteiger partial charge in [-0.1, -0.05) is 19.9 Å². The summed E-state index contributed by atoms with van der Waals surface area (Å²) in [6.07, 6.45) is 2.04. The highest BCUT2D eigenvalue weighted by Gasteiger charge is 2.41. The minimum absolute atomic E-state index is 0.175. The van der Waals surface area contributed by atoms with E-state index in [-0.39, 0.29) is 10.3 Å². The van der Waals surface area contributed by atoms with Crippen molar-refractivity contribution in [2.75, 3.05) is 12.3 Å². The average Bonchev–Trinajstić information content (AvgIpc) is 2.38. The Morgan fingerprint density at radius 1 is 1.64 bits per heavy atom. The monoisotopic (exact) mass is 171 g/mol. The maximum atomic E-state index is 3.87. The lowest BCUT2D eigenvalue weighted by molar-refractivity contribution is 0.310. The lowest BCUT2D eigenvalue weighted by atomic mass is 9.85. The third kappa shape index (κ3) is 1.47. The molecule has 64 valence electrons. The molecule has 0 spiro atoms. The fourth-order valence-corrected chi connectivity index (χ4v) is 2.48. The molecule has 1 heterocycles. The van der Waals surface area contributed by atoms with Gasteiger partial charge in [-0.15, -0.1) is 18.3 Å². The van der Waals surface area contributed by atoms with E-state index in [9.17, 15) is 0 Å². The Labute approximate surface area is 73.6 Å². The van der Waals surface area contributed by atoms with E-state index in [1.54, 1.807) is 0 Å². The Bertz CT molecular complexity index is 157. The molecule has 2 heteroatoms. The average molecular weight is 171 g/mol. The highest BCUT2D eigenvalue weighted by Crippen LogP contribution is 2.42. The molecule has 1 atom stereocenters. The molecular formula is C9H17NS. The van der Waals surface area contributed by atoms with Gasteiger partial charge in [-0.05, 0) is 6.92 Å². The lowest BCUT2D eigenvalue weighted by Gasteiger charge is -2.38. The zero-order valence-corrected chi connectivity index (χ0v) is 8.42. The van der Waals surface area contributed by atoms with Crippen molar-refractivity contribution in [3.63, 3.8) is 0 Å². The van der Waals surface area contributed by atoms with E-state index in [0.717, 1.165) is 6.54 Å². The number of hydrogen-bond donors (Lipinski definition) is 1. The normalized spacial score (nSPS) is 32.3. The maximum absolute atomic E-state index is 3.87. The van der Waals surface area contributed by atoms with E-state index in [0.29, 0.717) is 0 Å². The molecule has 1 saturated heterocycles. The first-order chi connectivity index (χ1) is 5.02. The molecule has 0 aliphatic carbocycles. The van der Waals surface area contributed by atoms with Gasteiger partial charge >= 0.3 is 0 Å². The Morgan fingerprint density at radius 3 is 2.64 bits per heavy atom. The van der Waals surface area contributed by atoms with Gasteiger partial charge in [0.25, 0.3) is 0 Å². The van der Waals surface area contributed by atoms with Crippen molar-refractivity contribution in [3.8, 4) is 0 Å². The molecule has 1 unspecified atom stereocenters. The molecule has 0 aromatic carbocycles. The summed E-state index contributed by atoms with van der Waals surface area (Å²) in [6, 6.07) is 0. The van der Waals surface area contributed by atoms with Crippen LogP contribution in [-0.4, -0.2) is 17.2 Å². The van der Waals surface area contributed by atoms with E-state index in [1.165, 1.54) is 5.75 Å². The third-order valence-electron chi connectivity index (χ3n) is 2.69. The van der Waals surface area contributed by atoms with Crippen LogP contribution in [0.1, 0.15) is 20.8 Å². The Balaban J connectivity index is 2.77. The van der Waals surface area contributed by atoms with Gasteiger partial charge in [-0.3, -0.25) is 0 Å². The van der Waals surface area contributed by atoms with Crippen LogP contribution in [0.4, 0.5) is 0 Å². The number of nitrogens with one attached hydrogen (secondary N) is 1. The van der Waals surface area contributed by atoms with Crippen molar-refractivity contribution >= 4 is 11.8 Å². The molecule has 1 fully saturated rings. The molecule has 1 nitrogen and oxygen atoms in total. The van der Waals surface area contributed by atoms with Crippen LogP contribution in [0, 0.1) is 5.41 Å². The predicted octanol–water partition coefficient (Wildman–Crippen LogP) is 2.25. The molecule has 0 amide bonds. The van der Waals surface area contributed by atoms with Gasteiger partial charge in [0.05, 0.1) is 4.87 Å². The summed E-state index contributed by atoms with van der Waals surface area (Å²) in [5.41, 5.74) is 0.175.